The summed E-state index contributed by atoms with van der Waals surface area (Å²) in [5, 5.41) is 3.87. The Morgan fingerprint density at radius 3 is 2.62 bits per heavy atom. The molecule has 0 amide bonds. The van der Waals surface area contributed by atoms with Crippen molar-refractivity contribution in [3.8, 4) is 5.75 Å². The zero-order chi connectivity index (χ0) is 11.6. The minimum atomic E-state index is -0.0567. The van der Waals surface area contributed by atoms with E-state index in [1.807, 2.05) is 18.2 Å². The molecule has 1 aliphatic rings. The Kier molecular flexibility index (Phi) is 3.38. The maximum atomic E-state index is 5.98. The lowest BCUT2D eigenvalue weighted by molar-refractivity contribution is -0.0502. The molecule has 1 aliphatic heterocycles. The second kappa shape index (κ2) is 4.62. The molecule has 1 saturated heterocycles. The zero-order valence-electron chi connectivity index (χ0n) is 9.55. The van der Waals surface area contributed by atoms with E-state index < -0.39 is 0 Å². The van der Waals surface area contributed by atoms with Gasteiger partial charge in [-0.1, -0.05) is 17.7 Å². The van der Waals surface area contributed by atoms with Crippen LogP contribution in [-0.2, 0) is 11.2 Å². The van der Waals surface area contributed by atoms with Crippen molar-refractivity contribution >= 4 is 11.6 Å². The number of nitrogens with one attached hydrogen (secondary N) is 1. The number of methoxy groups -OCH3 is 2. The minimum Gasteiger partial charge on any atom is -0.495 e. The molecule has 16 heavy (non-hydrogen) atoms. The molecule has 1 aromatic carbocycles. The smallest absolute Gasteiger partial charge is 0.137 e. The van der Waals surface area contributed by atoms with Crippen LogP contribution in [0.4, 0.5) is 0 Å². The highest BCUT2D eigenvalue weighted by molar-refractivity contribution is 6.32. The lowest BCUT2D eigenvalue weighted by Gasteiger charge is -2.41. The monoisotopic (exact) mass is 241 g/mol. The van der Waals surface area contributed by atoms with Crippen LogP contribution in [0.1, 0.15) is 5.56 Å². The summed E-state index contributed by atoms with van der Waals surface area (Å²) in [4.78, 5) is 0. The third-order valence-corrected chi connectivity index (χ3v) is 3.38. The predicted octanol–water partition coefficient (Wildman–Crippen LogP) is 1.88. The fourth-order valence-corrected chi connectivity index (χ4v) is 2.13. The molecule has 3 nitrogen and oxygen atoms in total. The van der Waals surface area contributed by atoms with Gasteiger partial charge in [0.1, 0.15) is 5.75 Å². The highest BCUT2D eigenvalue weighted by Gasteiger charge is 2.36. The molecule has 1 heterocycles. The lowest BCUT2D eigenvalue weighted by atomic mass is 9.89. The summed E-state index contributed by atoms with van der Waals surface area (Å²) in [6.45, 7) is 1.79. The molecule has 2 rings (SSSR count). The van der Waals surface area contributed by atoms with E-state index >= 15 is 0 Å². The largest absolute Gasteiger partial charge is 0.495 e. The summed E-state index contributed by atoms with van der Waals surface area (Å²) < 4.78 is 10.7. The topological polar surface area (TPSA) is 30.5 Å². The molecule has 1 aromatic rings. The number of hydrogen-bond acceptors (Lipinski definition) is 3. The normalized spacial score (nSPS) is 17.9. The summed E-state index contributed by atoms with van der Waals surface area (Å²) in [6, 6.07) is 5.86. The van der Waals surface area contributed by atoms with Crippen LogP contribution < -0.4 is 10.1 Å². The zero-order valence-corrected chi connectivity index (χ0v) is 10.3. The SMILES string of the molecule is COc1cc(CC2(OC)CNC2)ccc1Cl. The molecule has 0 bridgehead atoms. The van der Waals surface area contributed by atoms with Crippen LogP contribution in [0.2, 0.25) is 5.02 Å². The van der Waals surface area contributed by atoms with Crippen LogP contribution in [0.25, 0.3) is 0 Å². The van der Waals surface area contributed by atoms with Gasteiger partial charge in [-0.2, -0.15) is 0 Å². The first kappa shape index (κ1) is 11.7. The number of halogens is 1. The third kappa shape index (κ3) is 2.17. The van der Waals surface area contributed by atoms with Crippen molar-refractivity contribution in [1.29, 1.82) is 0 Å². The lowest BCUT2D eigenvalue weighted by Crippen LogP contribution is -2.61. The fourth-order valence-electron chi connectivity index (χ4n) is 1.93. The maximum Gasteiger partial charge on any atom is 0.137 e. The molecule has 0 aromatic heterocycles. The Labute approximate surface area is 101 Å². The first-order valence-corrected chi connectivity index (χ1v) is 5.65. The van der Waals surface area contributed by atoms with E-state index in [0.717, 1.165) is 25.3 Å². The first-order valence-electron chi connectivity index (χ1n) is 5.27. The van der Waals surface area contributed by atoms with E-state index in [-0.39, 0.29) is 5.60 Å². The summed E-state index contributed by atoms with van der Waals surface area (Å²) in [5.74, 6) is 0.720. The van der Waals surface area contributed by atoms with Gasteiger partial charge < -0.3 is 14.8 Å². The maximum absolute atomic E-state index is 5.98. The molecule has 4 heteroatoms. The van der Waals surface area contributed by atoms with Gasteiger partial charge in [0.25, 0.3) is 0 Å². The molecule has 0 saturated carbocycles. The second-order valence-corrected chi connectivity index (χ2v) is 4.54. The van der Waals surface area contributed by atoms with E-state index in [1.54, 1.807) is 14.2 Å². The van der Waals surface area contributed by atoms with E-state index in [2.05, 4.69) is 5.32 Å². The number of rotatable bonds is 4. The van der Waals surface area contributed by atoms with Crippen LogP contribution in [0.15, 0.2) is 18.2 Å². The standard InChI is InChI=1S/C12H16ClNO2/c1-15-11-5-9(3-4-10(11)13)6-12(16-2)7-14-8-12/h3-5,14H,6-8H2,1-2H3. The van der Waals surface area contributed by atoms with Crippen LogP contribution in [-0.4, -0.2) is 32.9 Å². The molecular weight excluding hydrogens is 226 g/mol. The van der Waals surface area contributed by atoms with Gasteiger partial charge in [-0.25, -0.2) is 0 Å². The average Bonchev–Trinajstić information content (AvgIpc) is 2.25. The number of hydrogen-bond donors (Lipinski definition) is 1. The molecule has 1 fully saturated rings. The average molecular weight is 242 g/mol. The summed E-state index contributed by atoms with van der Waals surface area (Å²) in [6.07, 6.45) is 0.879. The molecule has 1 N–H and O–H groups in total. The predicted molar refractivity (Wildman–Crippen MR) is 64.3 cm³/mol. The number of ether oxygens (including phenoxy) is 2. The molecular formula is C12H16ClNO2. The van der Waals surface area contributed by atoms with Crippen molar-refractivity contribution in [3.63, 3.8) is 0 Å². The second-order valence-electron chi connectivity index (χ2n) is 4.14. The van der Waals surface area contributed by atoms with Gasteiger partial charge in [0.2, 0.25) is 0 Å². The minimum absolute atomic E-state index is 0.0567. The van der Waals surface area contributed by atoms with Gasteiger partial charge in [-0.15, -0.1) is 0 Å². The van der Waals surface area contributed by atoms with Gasteiger partial charge in [-0.3, -0.25) is 0 Å². The van der Waals surface area contributed by atoms with Crippen LogP contribution >= 0.6 is 11.6 Å². The Morgan fingerprint density at radius 1 is 1.38 bits per heavy atom. The molecule has 0 unspecified atom stereocenters. The van der Waals surface area contributed by atoms with Gasteiger partial charge in [0, 0.05) is 26.6 Å². The highest BCUT2D eigenvalue weighted by atomic mass is 35.5. The molecule has 0 radical (unpaired) electrons. The Balaban J connectivity index is 2.15. The summed E-state index contributed by atoms with van der Waals surface area (Å²) in [5.41, 5.74) is 1.13. The Bertz CT molecular complexity index is 372. The highest BCUT2D eigenvalue weighted by Crippen LogP contribution is 2.28. The van der Waals surface area contributed by atoms with Crippen molar-refractivity contribution in [2.75, 3.05) is 27.3 Å². The summed E-state index contributed by atoms with van der Waals surface area (Å²) in [7, 11) is 3.38. The summed E-state index contributed by atoms with van der Waals surface area (Å²) >= 11 is 5.98. The molecule has 0 aliphatic carbocycles. The Hall–Kier alpha value is -0.770. The van der Waals surface area contributed by atoms with Crippen molar-refractivity contribution in [1.82, 2.24) is 5.32 Å². The van der Waals surface area contributed by atoms with Crippen LogP contribution in [0.3, 0.4) is 0 Å². The van der Waals surface area contributed by atoms with Crippen molar-refractivity contribution in [2.24, 2.45) is 0 Å². The third-order valence-electron chi connectivity index (χ3n) is 3.07. The van der Waals surface area contributed by atoms with Crippen molar-refractivity contribution < 1.29 is 9.47 Å². The van der Waals surface area contributed by atoms with E-state index in [1.165, 1.54) is 5.56 Å². The fraction of sp³-hybridized carbons (Fsp3) is 0.500. The van der Waals surface area contributed by atoms with Crippen LogP contribution in [0, 0.1) is 0 Å². The molecule has 0 atom stereocenters. The van der Waals surface area contributed by atoms with Crippen molar-refractivity contribution in [3.05, 3.63) is 28.8 Å². The Morgan fingerprint density at radius 2 is 2.12 bits per heavy atom. The van der Waals surface area contributed by atoms with Gasteiger partial charge in [-0.05, 0) is 17.7 Å². The van der Waals surface area contributed by atoms with Gasteiger partial charge >= 0.3 is 0 Å². The van der Waals surface area contributed by atoms with E-state index in [0.29, 0.717) is 5.02 Å². The van der Waals surface area contributed by atoms with Gasteiger partial charge in [0.15, 0.2) is 0 Å². The van der Waals surface area contributed by atoms with Gasteiger partial charge in [0.05, 0.1) is 17.7 Å². The molecule has 0 spiro atoms. The van der Waals surface area contributed by atoms with Crippen molar-refractivity contribution in [2.45, 2.75) is 12.0 Å². The van der Waals surface area contributed by atoms with E-state index in [9.17, 15) is 0 Å². The van der Waals surface area contributed by atoms with Crippen LogP contribution in [0.5, 0.6) is 5.75 Å². The number of benzene rings is 1. The quantitative estimate of drug-likeness (QED) is 0.873. The van der Waals surface area contributed by atoms with E-state index in [4.69, 9.17) is 21.1 Å². The first-order chi connectivity index (χ1) is 7.69. The molecule has 88 valence electrons.